The summed E-state index contributed by atoms with van der Waals surface area (Å²) in [5.74, 6) is 0.0550. The number of carbonyl (C=O) groups excluding carboxylic acids is 2. The molecule has 1 saturated heterocycles. The third-order valence-electron chi connectivity index (χ3n) is 3.31. The van der Waals surface area contributed by atoms with Crippen molar-refractivity contribution in [1.29, 1.82) is 0 Å². The second-order valence-electron chi connectivity index (χ2n) is 4.84. The summed E-state index contributed by atoms with van der Waals surface area (Å²) in [7, 11) is 0. The van der Waals surface area contributed by atoms with Crippen LogP contribution in [0.5, 0.6) is 0 Å². The fraction of sp³-hybridized carbons (Fsp3) is 0.600. The summed E-state index contributed by atoms with van der Waals surface area (Å²) in [5, 5.41) is 0. The van der Waals surface area contributed by atoms with E-state index in [2.05, 4.69) is 18.1 Å². The zero-order valence-electron chi connectivity index (χ0n) is 12.8. The van der Waals surface area contributed by atoms with Crippen LogP contribution in [0.15, 0.2) is 25.3 Å². The molecule has 6 heteroatoms. The summed E-state index contributed by atoms with van der Waals surface area (Å²) < 4.78 is 4.97. The monoisotopic (exact) mass is 295 g/mol. The molecule has 0 radical (unpaired) electrons. The van der Waals surface area contributed by atoms with Gasteiger partial charge in [0.2, 0.25) is 5.91 Å². The van der Waals surface area contributed by atoms with Crippen LogP contribution in [0.1, 0.15) is 6.92 Å². The van der Waals surface area contributed by atoms with Crippen LogP contribution in [0.4, 0.5) is 4.79 Å². The molecular weight excluding hydrogens is 270 g/mol. The Bertz CT molecular complexity index is 366. The van der Waals surface area contributed by atoms with E-state index in [4.69, 9.17) is 4.74 Å². The van der Waals surface area contributed by atoms with Crippen molar-refractivity contribution < 1.29 is 14.3 Å². The van der Waals surface area contributed by atoms with Crippen molar-refractivity contribution in [3.8, 4) is 0 Å². The molecule has 1 rings (SSSR count). The zero-order valence-corrected chi connectivity index (χ0v) is 12.8. The highest BCUT2D eigenvalue weighted by atomic mass is 16.6. The summed E-state index contributed by atoms with van der Waals surface area (Å²) in [6, 6.07) is 0. The first-order valence-electron chi connectivity index (χ1n) is 7.26. The van der Waals surface area contributed by atoms with E-state index >= 15 is 0 Å². The third-order valence-corrected chi connectivity index (χ3v) is 3.31. The van der Waals surface area contributed by atoms with E-state index in [1.807, 2.05) is 0 Å². The first-order chi connectivity index (χ1) is 10.1. The second kappa shape index (κ2) is 9.18. The van der Waals surface area contributed by atoms with Crippen molar-refractivity contribution in [2.45, 2.75) is 6.92 Å². The van der Waals surface area contributed by atoms with Gasteiger partial charge in [0, 0.05) is 39.3 Å². The van der Waals surface area contributed by atoms with Crippen LogP contribution in [-0.4, -0.2) is 79.1 Å². The highest BCUT2D eigenvalue weighted by molar-refractivity contribution is 5.78. The van der Waals surface area contributed by atoms with Crippen LogP contribution in [0.2, 0.25) is 0 Å². The number of rotatable bonds is 7. The van der Waals surface area contributed by atoms with Gasteiger partial charge < -0.3 is 14.5 Å². The number of piperazine rings is 1. The van der Waals surface area contributed by atoms with Gasteiger partial charge in [-0.3, -0.25) is 9.69 Å². The molecule has 0 saturated carbocycles. The van der Waals surface area contributed by atoms with Crippen molar-refractivity contribution in [2.24, 2.45) is 0 Å². The molecule has 6 nitrogen and oxygen atoms in total. The maximum absolute atomic E-state index is 12.2. The summed E-state index contributed by atoms with van der Waals surface area (Å²) in [6.45, 7) is 13.4. The Hall–Kier alpha value is -1.82. The standard InChI is InChI=1S/C15H25N3O3/c1-4-7-17(8-5-2)14(19)13-16-9-11-18(12-10-16)15(20)21-6-3/h4-5H,1-2,6-13H2,3H3. The van der Waals surface area contributed by atoms with Crippen molar-refractivity contribution >= 4 is 12.0 Å². The Morgan fingerprint density at radius 1 is 1.14 bits per heavy atom. The van der Waals surface area contributed by atoms with E-state index in [9.17, 15) is 9.59 Å². The summed E-state index contributed by atoms with van der Waals surface area (Å²) >= 11 is 0. The molecular formula is C15H25N3O3. The van der Waals surface area contributed by atoms with Crippen molar-refractivity contribution in [1.82, 2.24) is 14.7 Å². The lowest BCUT2D eigenvalue weighted by Crippen LogP contribution is -2.51. The average molecular weight is 295 g/mol. The summed E-state index contributed by atoms with van der Waals surface area (Å²) in [4.78, 5) is 29.2. The van der Waals surface area contributed by atoms with Gasteiger partial charge >= 0.3 is 6.09 Å². The van der Waals surface area contributed by atoms with Gasteiger partial charge in [0.1, 0.15) is 0 Å². The molecule has 0 atom stereocenters. The number of carbonyl (C=O) groups is 2. The minimum atomic E-state index is -0.275. The molecule has 1 heterocycles. The topological polar surface area (TPSA) is 53.1 Å². The van der Waals surface area contributed by atoms with Crippen LogP contribution in [-0.2, 0) is 9.53 Å². The maximum atomic E-state index is 12.2. The number of hydrogen-bond acceptors (Lipinski definition) is 4. The Morgan fingerprint density at radius 2 is 1.71 bits per heavy atom. The van der Waals surface area contributed by atoms with E-state index in [1.54, 1.807) is 28.9 Å². The first kappa shape index (κ1) is 17.2. The van der Waals surface area contributed by atoms with Crippen LogP contribution in [0.3, 0.4) is 0 Å². The molecule has 0 aromatic carbocycles. The molecule has 1 aliphatic rings. The first-order valence-corrected chi connectivity index (χ1v) is 7.26. The zero-order chi connectivity index (χ0) is 15.7. The van der Waals surface area contributed by atoms with Gasteiger partial charge in [-0.05, 0) is 6.92 Å². The van der Waals surface area contributed by atoms with E-state index in [-0.39, 0.29) is 12.0 Å². The molecule has 1 aliphatic heterocycles. The molecule has 2 amide bonds. The highest BCUT2D eigenvalue weighted by Crippen LogP contribution is 2.05. The fourth-order valence-corrected chi connectivity index (χ4v) is 2.18. The van der Waals surface area contributed by atoms with Gasteiger partial charge in [0.05, 0.1) is 13.2 Å². The molecule has 1 fully saturated rings. The van der Waals surface area contributed by atoms with Gasteiger partial charge in [-0.1, -0.05) is 12.2 Å². The van der Waals surface area contributed by atoms with E-state index in [1.165, 1.54) is 0 Å². The predicted octanol–water partition coefficient (Wildman–Crippen LogP) is 0.961. The van der Waals surface area contributed by atoms with Crippen LogP contribution in [0, 0.1) is 0 Å². The minimum absolute atomic E-state index is 0.0550. The molecule has 0 N–H and O–H groups in total. The minimum Gasteiger partial charge on any atom is -0.450 e. The molecule has 0 spiro atoms. The van der Waals surface area contributed by atoms with Crippen LogP contribution < -0.4 is 0 Å². The molecule has 0 bridgehead atoms. The molecule has 0 aliphatic carbocycles. The Labute approximate surface area is 126 Å². The Kier molecular flexibility index (Phi) is 7.53. The maximum Gasteiger partial charge on any atom is 0.409 e. The van der Waals surface area contributed by atoms with Gasteiger partial charge in [0.15, 0.2) is 0 Å². The summed E-state index contributed by atoms with van der Waals surface area (Å²) in [5.41, 5.74) is 0. The molecule has 21 heavy (non-hydrogen) atoms. The van der Waals surface area contributed by atoms with Gasteiger partial charge in [-0.25, -0.2) is 4.79 Å². The number of hydrogen-bond donors (Lipinski definition) is 0. The van der Waals surface area contributed by atoms with Crippen LogP contribution in [0.25, 0.3) is 0 Å². The van der Waals surface area contributed by atoms with E-state index < -0.39 is 0 Å². The lowest BCUT2D eigenvalue weighted by molar-refractivity contribution is -0.131. The number of nitrogens with zero attached hydrogens (tertiary/aromatic N) is 3. The van der Waals surface area contributed by atoms with Crippen molar-refractivity contribution in [2.75, 3.05) is 52.4 Å². The number of ether oxygens (including phenoxy) is 1. The van der Waals surface area contributed by atoms with Crippen LogP contribution >= 0.6 is 0 Å². The molecule has 118 valence electrons. The lowest BCUT2D eigenvalue weighted by atomic mass is 10.3. The van der Waals surface area contributed by atoms with Gasteiger partial charge in [-0.2, -0.15) is 0 Å². The quantitative estimate of drug-likeness (QED) is 0.657. The largest absolute Gasteiger partial charge is 0.450 e. The van der Waals surface area contributed by atoms with Gasteiger partial charge in [0.25, 0.3) is 0 Å². The Balaban J connectivity index is 2.40. The average Bonchev–Trinajstić information content (AvgIpc) is 2.48. The van der Waals surface area contributed by atoms with Crippen molar-refractivity contribution in [3.63, 3.8) is 0 Å². The highest BCUT2D eigenvalue weighted by Gasteiger charge is 2.24. The SMILES string of the molecule is C=CCN(CC=C)C(=O)CN1CCN(C(=O)OCC)CC1. The van der Waals surface area contributed by atoms with E-state index in [0.717, 1.165) is 0 Å². The van der Waals surface area contributed by atoms with Crippen molar-refractivity contribution in [3.05, 3.63) is 25.3 Å². The fourth-order valence-electron chi connectivity index (χ4n) is 2.18. The lowest BCUT2D eigenvalue weighted by Gasteiger charge is -2.34. The normalized spacial score (nSPS) is 15.4. The summed E-state index contributed by atoms with van der Waals surface area (Å²) in [6.07, 6.45) is 3.14. The smallest absolute Gasteiger partial charge is 0.409 e. The third kappa shape index (κ3) is 5.59. The van der Waals surface area contributed by atoms with Gasteiger partial charge in [-0.15, -0.1) is 13.2 Å². The predicted molar refractivity (Wildman–Crippen MR) is 82.0 cm³/mol. The Morgan fingerprint density at radius 3 is 2.19 bits per heavy atom. The van der Waals surface area contributed by atoms with E-state index in [0.29, 0.717) is 52.4 Å². The molecule has 0 unspecified atom stereocenters. The second-order valence-corrected chi connectivity index (χ2v) is 4.84. The number of amides is 2. The molecule has 0 aromatic rings. The molecule has 0 aromatic heterocycles.